The van der Waals surface area contributed by atoms with E-state index in [1.807, 2.05) is 37.3 Å². The van der Waals surface area contributed by atoms with E-state index in [0.29, 0.717) is 6.42 Å². The summed E-state index contributed by atoms with van der Waals surface area (Å²) in [5.41, 5.74) is -0.330. The fourth-order valence-electron chi connectivity index (χ4n) is 3.03. The van der Waals surface area contributed by atoms with Crippen LogP contribution in [0.2, 0.25) is 0 Å². The third-order valence-corrected chi connectivity index (χ3v) is 4.45. The summed E-state index contributed by atoms with van der Waals surface area (Å²) in [5, 5.41) is 9.04. The summed E-state index contributed by atoms with van der Waals surface area (Å²) in [5.74, 6) is -0.198. The molecule has 148 valence electrons. The van der Waals surface area contributed by atoms with Crippen molar-refractivity contribution >= 4 is 11.6 Å². The van der Waals surface area contributed by atoms with E-state index < -0.39 is 23.3 Å². The number of carbonyl (C=O) groups excluding carboxylic acids is 1. The van der Waals surface area contributed by atoms with Gasteiger partial charge in [0.1, 0.15) is 6.04 Å². The highest BCUT2D eigenvalue weighted by atomic mass is 19.4. The molecule has 2 rings (SSSR count). The first-order chi connectivity index (χ1) is 13.2. The number of amides is 1. The highest BCUT2D eigenvalue weighted by Crippen LogP contribution is 2.35. The minimum atomic E-state index is -4.66. The summed E-state index contributed by atoms with van der Waals surface area (Å²) in [7, 11) is 3.23. The fourth-order valence-corrected chi connectivity index (χ4v) is 3.03. The molecule has 7 heteroatoms. The lowest BCUT2D eigenvalue weighted by Gasteiger charge is -2.34. The van der Waals surface area contributed by atoms with Crippen LogP contribution in [0.3, 0.4) is 0 Å². The maximum atomic E-state index is 13.4. The molecule has 0 fully saturated rings. The molecule has 28 heavy (non-hydrogen) atoms. The van der Waals surface area contributed by atoms with Crippen LogP contribution >= 0.6 is 0 Å². The van der Waals surface area contributed by atoms with Crippen LogP contribution < -0.4 is 4.90 Å². The Bertz CT molecular complexity index is 857. The van der Waals surface area contributed by atoms with Gasteiger partial charge in [0.25, 0.3) is 0 Å². The Hall–Kier alpha value is -3.01. The molecule has 0 heterocycles. The van der Waals surface area contributed by atoms with Crippen LogP contribution in [0.1, 0.15) is 30.0 Å². The average Bonchev–Trinajstić information content (AvgIpc) is 2.67. The van der Waals surface area contributed by atoms with Gasteiger partial charge in [-0.15, -0.1) is 0 Å². The van der Waals surface area contributed by atoms with Gasteiger partial charge >= 0.3 is 6.18 Å². The van der Waals surface area contributed by atoms with E-state index in [9.17, 15) is 18.0 Å². The molecule has 0 bridgehead atoms. The van der Waals surface area contributed by atoms with E-state index in [1.165, 1.54) is 11.0 Å². The van der Waals surface area contributed by atoms with E-state index >= 15 is 0 Å². The van der Waals surface area contributed by atoms with Crippen molar-refractivity contribution in [1.29, 1.82) is 5.26 Å². The molecule has 0 aromatic heterocycles. The predicted molar refractivity (Wildman–Crippen MR) is 102 cm³/mol. The van der Waals surface area contributed by atoms with Crippen LogP contribution in [0.4, 0.5) is 18.9 Å². The average molecular weight is 389 g/mol. The summed E-state index contributed by atoms with van der Waals surface area (Å²) in [4.78, 5) is 15.8. The highest BCUT2D eigenvalue weighted by Gasteiger charge is 2.35. The van der Waals surface area contributed by atoms with E-state index in [-0.39, 0.29) is 18.1 Å². The second-order valence-electron chi connectivity index (χ2n) is 6.61. The molecule has 4 nitrogen and oxygen atoms in total. The molecule has 1 amide bonds. The van der Waals surface area contributed by atoms with Crippen molar-refractivity contribution in [2.75, 3.05) is 19.0 Å². The van der Waals surface area contributed by atoms with Gasteiger partial charge in [0.15, 0.2) is 0 Å². The zero-order valence-electron chi connectivity index (χ0n) is 16.0. The molecule has 0 saturated heterocycles. The topological polar surface area (TPSA) is 47.3 Å². The molecule has 0 saturated carbocycles. The number of benzene rings is 2. The highest BCUT2D eigenvalue weighted by molar-refractivity contribution is 5.85. The van der Waals surface area contributed by atoms with Crippen molar-refractivity contribution < 1.29 is 18.0 Å². The standard InChI is InChI=1S/C21H22F3N3O/c1-4-19(20(28)26(2)3)27(14-15-8-6-5-7-9-15)17-11-10-16(13-25)18(12-17)21(22,23)24/h5-12,19H,4,14H2,1-3H3. The summed E-state index contributed by atoms with van der Waals surface area (Å²) in [6, 6.07) is 13.7. The van der Waals surface area contributed by atoms with Crippen molar-refractivity contribution in [3.05, 3.63) is 65.2 Å². The van der Waals surface area contributed by atoms with Crippen molar-refractivity contribution in [1.82, 2.24) is 4.90 Å². The van der Waals surface area contributed by atoms with Gasteiger partial charge in [0.05, 0.1) is 17.2 Å². The van der Waals surface area contributed by atoms with Crippen molar-refractivity contribution in [3.8, 4) is 6.07 Å². The maximum Gasteiger partial charge on any atom is 0.417 e. The molecule has 0 aliphatic heterocycles. The Morgan fingerprint density at radius 1 is 1.14 bits per heavy atom. The van der Waals surface area contributed by atoms with Crippen LogP contribution in [0.25, 0.3) is 0 Å². The van der Waals surface area contributed by atoms with Crippen LogP contribution in [-0.2, 0) is 17.5 Å². The summed E-state index contributed by atoms with van der Waals surface area (Å²) in [6.07, 6.45) is -4.24. The van der Waals surface area contributed by atoms with Crippen molar-refractivity contribution in [3.63, 3.8) is 0 Å². The minimum absolute atomic E-state index is 0.198. The Morgan fingerprint density at radius 3 is 2.29 bits per heavy atom. The second kappa shape index (κ2) is 8.79. The maximum absolute atomic E-state index is 13.4. The molecule has 0 aliphatic carbocycles. The number of carbonyl (C=O) groups is 1. The Morgan fingerprint density at radius 2 is 1.79 bits per heavy atom. The first-order valence-electron chi connectivity index (χ1n) is 8.82. The van der Waals surface area contributed by atoms with Crippen LogP contribution in [0, 0.1) is 11.3 Å². The largest absolute Gasteiger partial charge is 0.417 e. The first kappa shape index (κ1) is 21.3. The number of rotatable bonds is 6. The summed E-state index contributed by atoms with van der Waals surface area (Å²) >= 11 is 0. The molecule has 0 radical (unpaired) electrons. The molecule has 0 spiro atoms. The molecular formula is C21H22F3N3O. The number of hydrogen-bond donors (Lipinski definition) is 0. The van der Waals surface area contributed by atoms with Crippen molar-refractivity contribution in [2.45, 2.75) is 32.1 Å². The molecule has 0 N–H and O–H groups in total. The van der Waals surface area contributed by atoms with Gasteiger partial charge in [0.2, 0.25) is 5.91 Å². The van der Waals surface area contributed by atoms with Gasteiger partial charge in [0, 0.05) is 26.3 Å². The lowest BCUT2D eigenvalue weighted by molar-refractivity contribution is -0.137. The van der Waals surface area contributed by atoms with E-state index in [1.54, 1.807) is 25.1 Å². The molecule has 0 aliphatic rings. The van der Waals surface area contributed by atoms with Gasteiger partial charge in [-0.25, -0.2) is 0 Å². The zero-order valence-corrected chi connectivity index (χ0v) is 16.0. The molecular weight excluding hydrogens is 367 g/mol. The predicted octanol–water partition coefficient (Wildman–Crippen LogP) is 4.45. The fraction of sp³-hybridized carbons (Fsp3) is 0.333. The lowest BCUT2D eigenvalue weighted by Crippen LogP contribution is -2.46. The van der Waals surface area contributed by atoms with Crippen LogP contribution in [0.5, 0.6) is 0 Å². The molecule has 2 aromatic rings. The molecule has 2 aromatic carbocycles. The van der Waals surface area contributed by atoms with Gasteiger partial charge in [-0.2, -0.15) is 18.4 Å². The molecule has 1 unspecified atom stereocenters. The normalized spacial score (nSPS) is 12.2. The number of hydrogen-bond acceptors (Lipinski definition) is 3. The van der Waals surface area contributed by atoms with Gasteiger partial charge < -0.3 is 9.80 Å². The van der Waals surface area contributed by atoms with E-state index in [4.69, 9.17) is 5.26 Å². The summed E-state index contributed by atoms with van der Waals surface area (Å²) in [6.45, 7) is 2.08. The minimum Gasteiger partial charge on any atom is -0.355 e. The Balaban J connectivity index is 2.58. The third kappa shape index (κ3) is 4.83. The Labute approximate surface area is 162 Å². The van der Waals surface area contributed by atoms with Crippen LogP contribution in [0.15, 0.2) is 48.5 Å². The number of likely N-dealkylation sites (N-methyl/N-ethyl adjacent to an activating group) is 1. The van der Waals surface area contributed by atoms with E-state index in [0.717, 1.165) is 17.7 Å². The van der Waals surface area contributed by atoms with Gasteiger partial charge in [-0.05, 0) is 30.2 Å². The zero-order chi connectivity index (χ0) is 20.9. The van der Waals surface area contributed by atoms with Gasteiger partial charge in [-0.1, -0.05) is 37.3 Å². The summed E-state index contributed by atoms with van der Waals surface area (Å²) < 4.78 is 40.3. The Kier molecular flexibility index (Phi) is 6.68. The number of nitrogens with zero attached hydrogens (tertiary/aromatic N) is 3. The lowest BCUT2D eigenvalue weighted by atomic mass is 10.0. The third-order valence-electron chi connectivity index (χ3n) is 4.45. The quantitative estimate of drug-likeness (QED) is 0.733. The SMILES string of the molecule is CCC(C(=O)N(C)C)N(Cc1ccccc1)c1ccc(C#N)c(C(F)(F)F)c1. The number of nitriles is 1. The van der Waals surface area contributed by atoms with Gasteiger partial charge in [-0.3, -0.25) is 4.79 Å². The first-order valence-corrected chi connectivity index (χ1v) is 8.82. The van der Waals surface area contributed by atoms with E-state index in [2.05, 4.69) is 0 Å². The second-order valence-corrected chi connectivity index (χ2v) is 6.61. The number of alkyl halides is 3. The van der Waals surface area contributed by atoms with Crippen molar-refractivity contribution in [2.24, 2.45) is 0 Å². The van der Waals surface area contributed by atoms with Crippen LogP contribution in [-0.4, -0.2) is 30.9 Å². The number of anilines is 1. The monoisotopic (exact) mass is 389 g/mol. The smallest absolute Gasteiger partial charge is 0.355 e. The molecule has 1 atom stereocenters. The number of halogens is 3.